The molecule has 222 valence electrons. The third-order valence-corrected chi connectivity index (χ3v) is 7.97. The molecule has 0 aliphatic carbocycles. The molecule has 42 heavy (non-hydrogen) atoms. The van der Waals surface area contributed by atoms with Crippen molar-refractivity contribution in [3.8, 4) is 23.0 Å². The molecule has 0 radical (unpaired) electrons. The van der Waals surface area contributed by atoms with Crippen LogP contribution in [0.3, 0.4) is 0 Å². The van der Waals surface area contributed by atoms with Crippen molar-refractivity contribution in [1.29, 1.82) is 0 Å². The van der Waals surface area contributed by atoms with Crippen molar-refractivity contribution in [1.82, 2.24) is 4.90 Å². The van der Waals surface area contributed by atoms with E-state index in [4.69, 9.17) is 23.9 Å². The average Bonchev–Trinajstić information content (AvgIpc) is 3.27. The van der Waals surface area contributed by atoms with E-state index in [1.807, 2.05) is 70.2 Å². The van der Waals surface area contributed by atoms with Gasteiger partial charge in [0, 0.05) is 11.8 Å². The smallest absolute Gasteiger partial charge is 0.253 e. The summed E-state index contributed by atoms with van der Waals surface area (Å²) < 4.78 is 23.1. The molecule has 1 aliphatic heterocycles. The van der Waals surface area contributed by atoms with E-state index in [1.54, 1.807) is 28.8 Å². The summed E-state index contributed by atoms with van der Waals surface area (Å²) in [6, 6.07) is 19.3. The quantitative estimate of drug-likeness (QED) is 0.160. The first-order chi connectivity index (χ1) is 20.2. The van der Waals surface area contributed by atoms with Gasteiger partial charge in [-0.1, -0.05) is 30.0 Å². The minimum atomic E-state index is -0.357. The second-order valence-electron chi connectivity index (χ2n) is 10.5. The van der Waals surface area contributed by atoms with Crippen LogP contribution in [0.1, 0.15) is 44.4 Å². The van der Waals surface area contributed by atoms with Crippen LogP contribution in [0.4, 0.5) is 5.69 Å². The van der Waals surface area contributed by atoms with Crippen LogP contribution in [0.25, 0.3) is 6.08 Å². The van der Waals surface area contributed by atoms with Crippen molar-refractivity contribution in [2.24, 2.45) is 4.99 Å². The second-order valence-corrected chi connectivity index (χ2v) is 11.5. The van der Waals surface area contributed by atoms with E-state index in [-0.39, 0.29) is 11.4 Å². The number of amidine groups is 1. The molecule has 1 fully saturated rings. The zero-order chi connectivity index (χ0) is 30.1. The Hall–Kier alpha value is -3.91. The van der Waals surface area contributed by atoms with Crippen LogP contribution in [0.5, 0.6) is 23.0 Å². The number of aryl methyl sites for hydroxylation is 2. The highest BCUT2D eigenvalue weighted by molar-refractivity contribution is 8.14. The Balaban J connectivity index is 1.41. The van der Waals surface area contributed by atoms with Gasteiger partial charge >= 0.3 is 0 Å². The van der Waals surface area contributed by atoms with Gasteiger partial charge in [0.1, 0.15) is 24.7 Å². The molecule has 0 spiro atoms. The zero-order valence-electron chi connectivity index (χ0n) is 25.3. The minimum absolute atomic E-state index is 0.112. The number of ether oxygens (including phenoxy) is 4. The van der Waals surface area contributed by atoms with Gasteiger partial charge in [0.05, 0.1) is 24.4 Å². The summed E-state index contributed by atoms with van der Waals surface area (Å²) >= 11 is 1.61. The fraction of sp³-hybridized carbons (Fsp3) is 0.353. The lowest BCUT2D eigenvalue weighted by molar-refractivity contribution is -0.124. The molecule has 0 bridgehead atoms. The van der Waals surface area contributed by atoms with Gasteiger partial charge in [-0.3, -0.25) is 9.69 Å². The van der Waals surface area contributed by atoms with Crippen LogP contribution in [0.2, 0.25) is 0 Å². The van der Waals surface area contributed by atoms with Gasteiger partial charge in [0.25, 0.3) is 5.91 Å². The maximum absolute atomic E-state index is 13.5. The van der Waals surface area contributed by atoms with Crippen LogP contribution >= 0.6 is 11.8 Å². The second kappa shape index (κ2) is 14.3. The maximum Gasteiger partial charge on any atom is 0.253 e. The number of carbonyl (C=O) groups is 1. The topological polar surface area (TPSA) is 69.6 Å². The molecule has 0 N–H and O–H groups in total. The molecule has 3 aromatic rings. The lowest BCUT2D eigenvalue weighted by Gasteiger charge is -2.29. The van der Waals surface area contributed by atoms with E-state index in [9.17, 15) is 4.79 Å². The summed E-state index contributed by atoms with van der Waals surface area (Å²) in [4.78, 5) is 20.2. The van der Waals surface area contributed by atoms with Crippen LogP contribution in [-0.2, 0) is 4.79 Å². The fourth-order valence-electron chi connectivity index (χ4n) is 4.41. The molecular weight excluding hydrogens is 548 g/mol. The molecule has 3 aromatic carbocycles. The van der Waals surface area contributed by atoms with Gasteiger partial charge in [0.15, 0.2) is 16.7 Å². The number of nitrogens with zero attached hydrogens (tertiary/aromatic N) is 2. The summed E-state index contributed by atoms with van der Waals surface area (Å²) in [5.41, 5.74) is 3.58. The van der Waals surface area contributed by atoms with Crippen LogP contribution in [-0.4, -0.2) is 53.7 Å². The largest absolute Gasteiger partial charge is 0.494 e. The third kappa shape index (κ3) is 8.10. The van der Waals surface area contributed by atoms with Crippen molar-refractivity contribution < 1.29 is 23.7 Å². The molecular formula is C34H40N2O5S. The Morgan fingerprint density at radius 3 is 2.29 bits per heavy atom. The number of hydrogen-bond acceptors (Lipinski definition) is 7. The molecule has 0 atom stereocenters. The normalized spacial score (nSPS) is 15.3. The van der Waals surface area contributed by atoms with Crippen molar-refractivity contribution >= 4 is 34.6 Å². The maximum atomic E-state index is 13.5. The van der Waals surface area contributed by atoms with Crippen LogP contribution < -0.4 is 18.9 Å². The lowest BCUT2D eigenvalue weighted by atomic mass is 10.1. The first kappa shape index (κ1) is 31.0. The Morgan fingerprint density at radius 1 is 0.881 bits per heavy atom. The summed E-state index contributed by atoms with van der Waals surface area (Å²) in [7, 11) is 0. The summed E-state index contributed by atoms with van der Waals surface area (Å²) in [5, 5.41) is 0.717. The molecule has 7 nitrogen and oxygen atoms in total. The van der Waals surface area contributed by atoms with Crippen LogP contribution in [0, 0.1) is 13.8 Å². The Kier molecular flexibility index (Phi) is 10.6. The number of benzene rings is 3. The molecule has 8 heteroatoms. The molecule has 1 amide bonds. The molecule has 1 saturated heterocycles. The molecule has 1 aliphatic rings. The van der Waals surface area contributed by atoms with Gasteiger partial charge in [-0.25, -0.2) is 4.99 Å². The zero-order valence-corrected chi connectivity index (χ0v) is 26.1. The highest BCUT2D eigenvalue weighted by atomic mass is 32.2. The number of aliphatic imine (C=N–C) groups is 1. The molecule has 0 saturated carbocycles. The van der Waals surface area contributed by atoms with Crippen molar-refractivity contribution in [3.63, 3.8) is 0 Å². The van der Waals surface area contributed by atoms with E-state index >= 15 is 0 Å². The van der Waals surface area contributed by atoms with E-state index < -0.39 is 0 Å². The Labute approximate surface area is 253 Å². The van der Waals surface area contributed by atoms with Gasteiger partial charge < -0.3 is 18.9 Å². The Bertz CT molecular complexity index is 1430. The first-order valence-electron chi connectivity index (χ1n) is 14.3. The summed E-state index contributed by atoms with van der Waals surface area (Å²) in [6.45, 7) is 13.9. The number of hydrogen-bond donors (Lipinski definition) is 0. The molecule has 1 heterocycles. The number of amides is 1. The SMILES string of the molecule is CCOc1ccc(OCCOc2ccc(/C=C/C(=O)N3C(=Nc4cc(C)ccc4C)SCC3(C)C)cc2OCC)cc1. The van der Waals surface area contributed by atoms with E-state index in [1.165, 1.54) is 0 Å². The number of thioether (sulfide) groups is 1. The average molecular weight is 589 g/mol. The lowest BCUT2D eigenvalue weighted by Crippen LogP contribution is -2.45. The molecule has 0 aromatic heterocycles. The number of rotatable bonds is 12. The minimum Gasteiger partial charge on any atom is -0.494 e. The molecule has 0 unspecified atom stereocenters. The fourth-order valence-corrected chi connectivity index (χ4v) is 5.66. The highest BCUT2D eigenvalue weighted by Gasteiger charge is 2.40. The summed E-state index contributed by atoms with van der Waals surface area (Å²) in [6.07, 6.45) is 3.40. The van der Waals surface area contributed by atoms with E-state index in [2.05, 4.69) is 32.0 Å². The van der Waals surface area contributed by atoms with Crippen molar-refractivity contribution in [2.75, 3.05) is 32.2 Å². The predicted octanol–water partition coefficient (Wildman–Crippen LogP) is 7.61. The van der Waals surface area contributed by atoms with Crippen molar-refractivity contribution in [3.05, 3.63) is 83.4 Å². The third-order valence-electron chi connectivity index (χ3n) is 6.58. The number of carbonyl (C=O) groups excluding carboxylic acids is 1. The highest BCUT2D eigenvalue weighted by Crippen LogP contribution is 2.36. The predicted molar refractivity (Wildman–Crippen MR) is 172 cm³/mol. The molecule has 4 rings (SSSR count). The van der Waals surface area contributed by atoms with Gasteiger partial charge in [-0.05, 0) is 107 Å². The van der Waals surface area contributed by atoms with Gasteiger partial charge in [-0.15, -0.1) is 0 Å². The standard InChI is InChI=1S/C34H40N2O5S/c1-7-38-27-13-15-28(16-14-27)40-19-20-41-30-17-11-26(22-31(30)39-8-2)12-18-32(37)36-33(42-23-34(36,5)6)35-29-21-24(3)9-10-25(29)4/h9-18,21-22H,7-8,19-20,23H2,1-6H3/b18-12+,35-33?. The van der Waals surface area contributed by atoms with Gasteiger partial charge in [0.2, 0.25) is 0 Å². The summed E-state index contributed by atoms with van der Waals surface area (Å²) in [5.74, 6) is 3.46. The van der Waals surface area contributed by atoms with Crippen molar-refractivity contribution in [2.45, 2.75) is 47.1 Å². The monoisotopic (exact) mass is 588 g/mol. The Morgan fingerprint density at radius 2 is 1.57 bits per heavy atom. The van der Waals surface area contributed by atoms with Gasteiger partial charge in [-0.2, -0.15) is 0 Å². The van der Waals surface area contributed by atoms with E-state index in [0.717, 1.165) is 44.8 Å². The van der Waals surface area contributed by atoms with Crippen LogP contribution in [0.15, 0.2) is 71.7 Å². The van der Waals surface area contributed by atoms with E-state index in [0.29, 0.717) is 37.9 Å². The first-order valence-corrected chi connectivity index (χ1v) is 15.2.